The first-order valence-electron chi connectivity index (χ1n) is 6.84. The second-order valence-electron chi connectivity index (χ2n) is 5.05. The van der Waals surface area contributed by atoms with Crippen LogP contribution in [0.4, 0.5) is 5.69 Å². The lowest BCUT2D eigenvalue weighted by atomic mass is 10.2. The molecule has 0 aromatic carbocycles. The van der Waals surface area contributed by atoms with Crippen molar-refractivity contribution >= 4 is 11.6 Å². The maximum Gasteiger partial charge on any atom is 0.272 e. The molecule has 0 saturated carbocycles. The monoisotopic (exact) mass is 280 g/mol. The standard InChI is InChI=1S/C14H24N4O2/c1-9(2)13-16-8-11(15-4)12(18-13)14(19)17-10(3)6-7-20-5/h8-10,15H,6-7H2,1-5H3,(H,17,19). The van der Waals surface area contributed by atoms with Gasteiger partial charge >= 0.3 is 0 Å². The summed E-state index contributed by atoms with van der Waals surface area (Å²) in [4.78, 5) is 20.9. The highest BCUT2D eigenvalue weighted by Crippen LogP contribution is 2.16. The van der Waals surface area contributed by atoms with E-state index >= 15 is 0 Å². The lowest BCUT2D eigenvalue weighted by Crippen LogP contribution is -2.34. The van der Waals surface area contributed by atoms with Gasteiger partial charge in [0.15, 0.2) is 5.69 Å². The molecule has 1 atom stereocenters. The van der Waals surface area contributed by atoms with E-state index < -0.39 is 0 Å². The summed E-state index contributed by atoms with van der Waals surface area (Å²) < 4.78 is 5.01. The van der Waals surface area contributed by atoms with Crippen molar-refractivity contribution in [1.82, 2.24) is 15.3 Å². The molecule has 0 aliphatic heterocycles. The predicted molar refractivity (Wildman–Crippen MR) is 79.1 cm³/mol. The van der Waals surface area contributed by atoms with Crippen molar-refractivity contribution in [2.75, 3.05) is 26.1 Å². The number of methoxy groups -OCH3 is 1. The molecule has 2 N–H and O–H groups in total. The van der Waals surface area contributed by atoms with Crippen LogP contribution in [-0.4, -0.2) is 42.7 Å². The molecule has 0 bridgehead atoms. The Balaban J connectivity index is 2.87. The van der Waals surface area contributed by atoms with Crippen LogP contribution in [0.25, 0.3) is 0 Å². The summed E-state index contributed by atoms with van der Waals surface area (Å²) in [5.41, 5.74) is 1.02. The normalized spacial score (nSPS) is 12.3. The van der Waals surface area contributed by atoms with Gasteiger partial charge in [-0.05, 0) is 13.3 Å². The number of hydrogen-bond donors (Lipinski definition) is 2. The molecule has 6 heteroatoms. The highest BCUT2D eigenvalue weighted by Gasteiger charge is 2.17. The molecule has 1 unspecified atom stereocenters. The molecule has 0 radical (unpaired) electrons. The van der Waals surface area contributed by atoms with Crippen LogP contribution in [0.15, 0.2) is 6.20 Å². The maximum absolute atomic E-state index is 12.3. The third-order valence-corrected chi connectivity index (χ3v) is 2.94. The van der Waals surface area contributed by atoms with Crippen molar-refractivity contribution in [2.45, 2.75) is 39.2 Å². The third-order valence-electron chi connectivity index (χ3n) is 2.94. The fourth-order valence-electron chi connectivity index (χ4n) is 1.69. The first kappa shape index (κ1) is 16.4. The summed E-state index contributed by atoms with van der Waals surface area (Å²) in [7, 11) is 3.39. The van der Waals surface area contributed by atoms with E-state index in [0.29, 0.717) is 23.8 Å². The molecule has 112 valence electrons. The molecule has 0 spiro atoms. The van der Waals surface area contributed by atoms with Crippen molar-refractivity contribution in [2.24, 2.45) is 0 Å². The van der Waals surface area contributed by atoms with Crippen LogP contribution in [0.1, 0.15) is 49.4 Å². The Kier molecular flexibility index (Phi) is 6.38. The number of carbonyl (C=O) groups excluding carboxylic acids is 1. The third kappa shape index (κ3) is 4.45. The number of hydrogen-bond acceptors (Lipinski definition) is 5. The van der Waals surface area contributed by atoms with E-state index in [1.807, 2.05) is 20.8 Å². The van der Waals surface area contributed by atoms with Gasteiger partial charge in [-0.2, -0.15) is 0 Å². The first-order chi connectivity index (χ1) is 9.49. The predicted octanol–water partition coefficient (Wildman–Crippen LogP) is 1.80. The number of rotatable bonds is 7. The van der Waals surface area contributed by atoms with Crippen LogP contribution in [0, 0.1) is 0 Å². The van der Waals surface area contributed by atoms with Gasteiger partial charge in [-0.15, -0.1) is 0 Å². The van der Waals surface area contributed by atoms with Crippen LogP contribution in [-0.2, 0) is 4.74 Å². The smallest absolute Gasteiger partial charge is 0.272 e. The van der Waals surface area contributed by atoms with E-state index in [-0.39, 0.29) is 17.9 Å². The van der Waals surface area contributed by atoms with Gasteiger partial charge < -0.3 is 15.4 Å². The van der Waals surface area contributed by atoms with Crippen LogP contribution >= 0.6 is 0 Å². The largest absolute Gasteiger partial charge is 0.385 e. The first-order valence-corrected chi connectivity index (χ1v) is 6.84. The lowest BCUT2D eigenvalue weighted by molar-refractivity contribution is 0.0925. The summed E-state index contributed by atoms with van der Waals surface area (Å²) in [6.45, 7) is 6.55. The zero-order valence-corrected chi connectivity index (χ0v) is 12.9. The molecule has 20 heavy (non-hydrogen) atoms. The molecule has 0 saturated heterocycles. The van der Waals surface area contributed by atoms with Crippen molar-refractivity contribution in [3.63, 3.8) is 0 Å². The molecule has 1 aromatic heterocycles. The summed E-state index contributed by atoms with van der Waals surface area (Å²) >= 11 is 0. The number of amides is 1. The second-order valence-corrected chi connectivity index (χ2v) is 5.05. The minimum absolute atomic E-state index is 0.0321. The van der Waals surface area contributed by atoms with Crippen molar-refractivity contribution in [3.05, 3.63) is 17.7 Å². The van der Waals surface area contributed by atoms with Gasteiger partial charge in [0, 0.05) is 32.7 Å². The second kappa shape index (κ2) is 7.79. The van der Waals surface area contributed by atoms with Gasteiger partial charge in [-0.1, -0.05) is 13.8 Å². The molecule has 1 amide bonds. The Labute approximate surface area is 120 Å². The molecule has 1 aromatic rings. The topological polar surface area (TPSA) is 76.1 Å². The average molecular weight is 280 g/mol. The van der Waals surface area contributed by atoms with E-state index in [2.05, 4.69) is 20.6 Å². The van der Waals surface area contributed by atoms with Gasteiger partial charge in [0.1, 0.15) is 5.82 Å². The van der Waals surface area contributed by atoms with Gasteiger partial charge in [-0.3, -0.25) is 4.79 Å². The SMILES string of the molecule is CNc1cnc(C(C)C)nc1C(=O)NC(C)CCOC. The number of carbonyl (C=O) groups is 1. The molecular formula is C14H24N4O2. The number of aromatic nitrogens is 2. The van der Waals surface area contributed by atoms with Gasteiger partial charge in [-0.25, -0.2) is 9.97 Å². The van der Waals surface area contributed by atoms with E-state index in [4.69, 9.17) is 4.74 Å². The Morgan fingerprint density at radius 2 is 2.10 bits per heavy atom. The van der Waals surface area contributed by atoms with E-state index in [0.717, 1.165) is 6.42 Å². The van der Waals surface area contributed by atoms with Crippen molar-refractivity contribution in [1.29, 1.82) is 0 Å². The van der Waals surface area contributed by atoms with Crippen LogP contribution < -0.4 is 10.6 Å². The van der Waals surface area contributed by atoms with E-state index in [9.17, 15) is 4.79 Å². The maximum atomic E-state index is 12.3. The Morgan fingerprint density at radius 1 is 1.40 bits per heavy atom. The minimum Gasteiger partial charge on any atom is -0.385 e. The molecular weight excluding hydrogens is 256 g/mol. The molecule has 1 rings (SSSR count). The van der Waals surface area contributed by atoms with E-state index in [1.54, 1.807) is 20.4 Å². The minimum atomic E-state index is -0.192. The fourth-order valence-corrected chi connectivity index (χ4v) is 1.69. The van der Waals surface area contributed by atoms with Crippen LogP contribution in [0.3, 0.4) is 0 Å². The molecule has 6 nitrogen and oxygen atoms in total. The van der Waals surface area contributed by atoms with Gasteiger partial charge in [0.05, 0.1) is 11.9 Å². The fraction of sp³-hybridized carbons (Fsp3) is 0.643. The number of ether oxygens (including phenoxy) is 1. The zero-order valence-electron chi connectivity index (χ0n) is 12.9. The number of nitrogens with one attached hydrogen (secondary N) is 2. The van der Waals surface area contributed by atoms with Crippen LogP contribution in [0.5, 0.6) is 0 Å². The van der Waals surface area contributed by atoms with Crippen molar-refractivity contribution < 1.29 is 9.53 Å². The zero-order chi connectivity index (χ0) is 15.1. The highest BCUT2D eigenvalue weighted by atomic mass is 16.5. The van der Waals surface area contributed by atoms with Gasteiger partial charge in [0.25, 0.3) is 5.91 Å². The van der Waals surface area contributed by atoms with Crippen LogP contribution in [0.2, 0.25) is 0 Å². The number of nitrogens with zero attached hydrogens (tertiary/aromatic N) is 2. The lowest BCUT2D eigenvalue weighted by Gasteiger charge is -2.15. The quantitative estimate of drug-likeness (QED) is 0.796. The Bertz CT molecular complexity index is 449. The molecule has 1 heterocycles. The Hall–Kier alpha value is -1.69. The molecule has 0 aliphatic carbocycles. The summed E-state index contributed by atoms with van der Waals surface area (Å²) in [5, 5.41) is 5.87. The molecule has 0 fully saturated rings. The summed E-state index contributed by atoms with van der Waals surface area (Å²) in [5.74, 6) is 0.652. The summed E-state index contributed by atoms with van der Waals surface area (Å²) in [6, 6.07) is 0.0321. The van der Waals surface area contributed by atoms with E-state index in [1.165, 1.54) is 0 Å². The molecule has 0 aliphatic rings. The van der Waals surface area contributed by atoms with Gasteiger partial charge in [0.2, 0.25) is 0 Å². The average Bonchev–Trinajstić information content (AvgIpc) is 2.44. The van der Waals surface area contributed by atoms with Crippen molar-refractivity contribution in [3.8, 4) is 0 Å². The number of anilines is 1. The Morgan fingerprint density at radius 3 is 2.65 bits per heavy atom. The highest BCUT2D eigenvalue weighted by molar-refractivity contribution is 5.97. The summed E-state index contributed by atoms with van der Waals surface area (Å²) in [6.07, 6.45) is 2.41.